The number of hydrogen-bond donors (Lipinski definition) is 2. The molecule has 0 bridgehead atoms. The van der Waals surface area contributed by atoms with Crippen molar-refractivity contribution in [2.45, 2.75) is 6.92 Å². The topological polar surface area (TPSA) is 106 Å². The van der Waals surface area contributed by atoms with E-state index in [1.165, 1.54) is 0 Å². The molecule has 0 radical (unpaired) electrons. The number of carbonyl (C=O) groups excluding carboxylic acids is 1. The lowest BCUT2D eigenvalue weighted by Gasteiger charge is -2.00. The lowest BCUT2D eigenvalue weighted by atomic mass is 10.1. The normalized spacial score (nSPS) is 11.3. The van der Waals surface area contributed by atoms with Crippen molar-refractivity contribution in [1.29, 1.82) is 0 Å². The van der Waals surface area contributed by atoms with Crippen LogP contribution < -0.4 is 11.2 Å². The summed E-state index contributed by atoms with van der Waals surface area (Å²) in [5, 5.41) is 10.6. The number of nitrogen functional groups attached to an aromatic ring is 1. The molecule has 7 heteroatoms. The first kappa shape index (κ1) is 11.8. The molecule has 3 N–H and O–H groups in total. The van der Waals surface area contributed by atoms with Gasteiger partial charge < -0.3 is 5.73 Å². The Morgan fingerprint density at radius 2 is 2.06 bits per heavy atom. The van der Waals surface area contributed by atoms with Gasteiger partial charge >= 0.3 is 0 Å². The fourth-order valence-corrected chi connectivity index (χ4v) is 1.28. The molecule has 0 unspecified atom stereocenters. The standard InChI is InChI=1S/C11H11N5O2/c1-7(8-5-3-2-4-6-8)13-14-11(17)9-10(12)16-18-15-9/h2-6H,1H3,(H2,12,16)(H,14,17)/b13-7-. The summed E-state index contributed by atoms with van der Waals surface area (Å²) in [5.74, 6) is -0.635. The van der Waals surface area contributed by atoms with Crippen LogP contribution in [-0.2, 0) is 0 Å². The number of rotatable bonds is 3. The third kappa shape index (κ3) is 2.51. The summed E-state index contributed by atoms with van der Waals surface area (Å²) in [6, 6.07) is 9.44. The van der Waals surface area contributed by atoms with Gasteiger partial charge in [-0.25, -0.2) is 10.1 Å². The molecule has 0 aliphatic heterocycles. The molecule has 0 fully saturated rings. The fraction of sp³-hybridized carbons (Fsp3) is 0.0909. The zero-order valence-corrected chi connectivity index (χ0v) is 9.62. The molecular formula is C11H11N5O2. The molecule has 18 heavy (non-hydrogen) atoms. The van der Waals surface area contributed by atoms with Crippen LogP contribution in [-0.4, -0.2) is 21.9 Å². The molecule has 1 aromatic heterocycles. The average Bonchev–Trinajstić information content (AvgIpc) is 2.83. The van der Waals surface area contributed by atoms with E-state index in [1.54, 1.807) is 6.92 Å². The highest BCUT2D eigenvalue weighted by Crippen LogP contribution is 2.04. The SMILES string of the molecule is C/C(=N/NC(=O)c1nonc1N)c1ccccc1. The molecule has 2 aromatic rings. The van der Waals surface area contributed by atoms with Crippen LogP contribution in [0.2, 0.25) is 0 Å². The number of hydrazone groups is 1. The van der Waals surface area contributed by atoms with Crippen molar-refractivity contribution >= 4 is 17.4 Å². The number of hydrogen-bond acceptors (Lipinski definition) is 6. The lowest BCUT2D eigenvalue weighted by Crippen LogP contribution is -2.20. The highest BCUT2D eigenvalue weighted by Gasteiger charge is 2.15. The molecule has 0 saturated heterocycles. The zero-order valence-electron chi connectivity index (χ0n) is 9.62. The Morgan fingerprint density at radius 3 is 2.67 bits per heavy atom. The van der Waals surface area contributed by atoms with E-state index in [0.717, 1.165) is 5.56 Å². The molecule has 92 valence electrons. The van der Waals surface area contributed by atoms with Gasteiger partial charge in [0.05, 0.1) is 5.71 Å². The Morgan fingerprint density at radius 1 is 1.33 bits per heavy atom. The van der Waals surface area contributed by atoms with Crippen LogP contribution in [0.15, 0.2) is 40.1 Å². The molecule has 1 aromatic carbocycles. The lowest BCUT2D eigenvalue weighted by molar-refractivity contribution is 0.0945. The van der Waals surface area contributed by atoms with Crippen molar-refractivity contribution in [2.24, 2.45) is 5.10 Å². The molecule has 0 aliphatic carbocycles. The second-order valence-corrected chi connectivity index (χ2v) is 3.50. The number of aromatic nitrogens is 2. The van der Waals surface area contributed by atoms with Crippen LogP contribution in [0.4, 0.5) is 5.82 Å². The predicted octanol–water partition coefficient (Wildman–Crippen LogP) is 0.806. The van der Waals surface area contributed by atoms with Crippen molar-refractivity contribution < 1.29 is 9.42 Å². The van der Waals surface area contributed by atoms with E-state index < -0.39 is 5.91 Å². The Labute approximate surface area is 103 Å². The molecular weight excluding hydrogens is 234 g/mol. The van der Waals surface area contributed by atoms with Crippen molar-refractivity contribution in [3.05, 3.63) is 41.6 Å². The quantitative estimate of drug-likeness (QED) is 0.614. The van der Waals surface area contributed by atoms with Gasteiger partial charge in [0.15, 0.2) is 0 Å². The maximum Gasteiger partial charge on any atom is 0.297 e. The number of benzene rings is 1. The van der Waals surface area contributed by atoms with E-state index in [2.05, 4.69) is 25.5 Å². The van der Waals surface area contributed by atoms with Gasteiger partial charge in [-0.15, -0.1) is 0 Å². The van der Waals surface area contributed by atoms with E-state index in [-0.39, 0.29) is 11.5 Å². The summed E-state index contributed by atoms with van der Waals surface area (Å²) in [6.07, 6.45) is 0. The molecule has 0 spiro atoms. The number of anilines is 1. The molecule has 1 amide bonds. The van der Waals surface area contributed by atoms with Crippen LogP contribution >= 0.6 is 0 Å². The minimum absolute atomic E-state index is 0.0694. The Bertz CT molecular complexity index is 576. The minimum Gasteiger partial charge on any atom is -0.379 e. The van der Waals surface area contributed by atoms with Gasteiger partial charge in [-0.05, 0) is 22.8 Å². The van der Waals surface area contributed by atoms with Crippen LogP contribution in [0, 0.1) is 0 Å². The first-order chi connectivity index (χ1) is 8.68. The Balaban J connectivity index is 2.08. The highest BCUT2D eigenvalue weighted by atomic mass is 16.6. The van der Waals surface area contributed by atoms with E-state index >= 15 is 0 Å². The first-order valence-electron chi connectivity index (χ1n) is 5.16. The minimum atomic E-state index is -0.566. The Hall–Kier alpha value is -2.70. The van der Waals surface area contributed by atoms with Crippen LogP contribution in [0.3, 0.4) is 0 Å². The van der Waals surface area contributed by atoms with Crippen LogP contribution in [0.25, 0.3) is 0 Å². The van der Waals surface area contributed by atoms with Gasteiger partial charge in [-0.1, -0.05) is 30.3 Å². The molecule has 2 rings (SSSR count). The monoisotopic (exact) mass is 245 g/mol. The van der Waals surface area contributed by atoms with Gasteiger partial charge in [-0.3, -0.25) is 4.79 Å². The highest BCUT2D eigenvalue weighted by molar-refractivity contribution is 6.01. The van der Waals surface area contributed by atoms with E-state index in [1.807, 2.05) is 30.3 Å². The largest absolute Gasteiger partial charge is 0.379 e. The fourth-order valence-electron chi connectivity index (χ4n) is 1.28. The number of nitrogens with zero attached hydrogens (tertiary/aromatic N) is 3. The zero-order chi connectivity index (χ0) is 13.0. The van der Waals surface area contributed by atoms with Crippen LogP contribution in [0.5, 0.6) is 0 Å². The van der Waals surface area contributed by atoms with E-state index in [0.29, 0.717) is 5.71 Å². The van der Waals surface area contributed by atoms with Gasteiger partial charge in [0, 0.05) is 0 Å². The maximum absolute atomic E-state index is 11.6. The molecule has 0 atom stereocenters. The smallest absolute Gasteiger partial charge is 0.297 e. The van der Waals surface area contributed by atoms with Gasteiger partial charge in [-0.2, -0.15) is 5.10 Å². The van der Waals surface area contributed by atoms with Crippen LogP contribution in [0.1, 0.15) is 23.0 Å². The summed E-state index contributed by atoms with van der Waals surface area (Å²) in [6.45, 7) is 1.78. The van der Waals surface area contributed by atoms with E-state index in [9.17, 15) is 4.79 Å². The average molecular weight is 245 g/mol. The second kappa shape index (κ2) is 5.09. The summed E-state index contributed by atoms with van der Waals surface area (Å²) in [4.78, 5) is 11.6. The number of amides is 1. The summed E-state index contributed by atoms with van der Waals surface area (Å²) in [7, 11) is 0. The molecule has 7 nitrogen and oxygen atoms in total. The first-order valence-corrected chi connectivity index (χ1v) is 5.16. The van der Waals surface area contributed by atoms with Crippen molar-refractivity contribution in [1.82, 2.24) is 15.7 Å². The number of nitrogens with two attached hydrogens (primary N) is 1. The molecule has 0 aliphatic rings. The summed E-state index contributed by atoms with van der Waals surface area (Å²) in [5.41, 5.74) is 9.20. The molecule has 1 heterocycles. The summed E-state index contributed by atoms with van der Waals surface area (Å²) >= 11 is 0. The number of nitrogens with one attached hydrogen (secondary N) is 1. The third-order valence-corrected chi connectivity index (χ3v) is 2.25. The van der Waals surface area contributed by atoms with Crippen molar-refractivity contribution in [3.63, 3.8) is 0 Å². The van der Waals surface area contributed by atoms with Gasteiger partial charge in [0.1, 0.15) is 0 Å². The van der Waals surface area contributed by atoms with E-state index in [4.69, 9.17) is 5.73 Å². The van der Waals surface area contributed by atoms with Gasteiger partial charge in [0.2, 0.25) is 11.5 Å². The summed E-state index contributed by atoms with van der Waals surface area (Å²) < 4.78 is 4.32. The maximum atomic E-state index is 11.6. The molecule has 0 saturated carbocycles. The Kier molecular flexibility index (Phi) is 3.33. The van der Waals surface area contributed by atoms with Crippen molar-refractivity contribution in [2.75, 3.05) is 5.73 Å². The predicted molar refractivity (Wildman–Crippen MR) is 64.8 cm³/mol. The second-order valence-electron chi connectivity index (χ2n) is 3.50. The number of carbonyl (C=O) groups is 1. The third-order valence-electron chi connectivity index (χ3n) is 2.25. The van der Waals surface area contributed by atoms with Crippen molar-refractivity contribution in [3.8, 4) is 0 Å². The van der Waals surface area contributed by atoms with Gasteiger partial charge in [0.25, 0.3) is 5.91 Å².